The summed E-state index contributed by atoms with van der Waals surface area (Å²) in [6.07, 6.45) is 6.76. The highest BCUT2D eigenvalue weighted by atomic mass is 16.5. The molecule has 3 saturated heterocycles. The fourth-order valence-corrected chi connectivity index (χ4v) is 5.23. The predicted molar refractivity (Wildman–Crippen MR) is 103 cm³/mol. The molecule has 0 aromatic heterocycles. The normalized spacial score (nSPS) is 27.6. The molecule has 0 radical (unpaired) electrons. The number of likely N-dealkylation sites (tertiary alicyclic amines) is 2. The van der Waals surface area contributed by atoms with Crippen molar-refractivity contribution >= 4 is 17.7 Å². The Hall–Kier alpha value is -1.63. The largest absolute Gasteiger partial charge is 0.378 e. The first-order chi connectivity index (χ1) is 13.6. The quantitative estimate of drug-likeness (QED) is 0.720. The van der Waals surface area contributed by atoms with Crippen molar-refractivity contribution in [3.05, 3.63) is 0 Å². The lowest BCUT2D eigenvalue weighted by Gasteiger charge is -2.35. The number of carbonyl (C=O) groups is 3. The summed E-state index contributed by atoms with van der Waals surface area (Å²) in [6.45, 7) is 5.38. The van der Waals surface area contributed by atoms with Gasteiger partial charge in [-0.3, -0.25) is 14.4 Å². The van der Waals surface area contributed by atoms with Crippen LogP contribution in [0.2, 0.25) is 0 Å². The van der Waals surface area contributed by atoms with Crippen LogP contribution in [0.25, 0.3) is 0 Å². The van der Waals surface area contributed by atoms with E-state index in [9.17, 15) is 14.4 Å². The predicted octanol–water partition coefficient (Wildman–Crippen LogP) is 1.12. The Balaban J connectivity index is 1.23. The molecule has 0 aromatic carbocycles. The maximum atomic E-state index is 12.7. The lowest BCUT2D eigenvalue weighted by molar-refractivity contribution is -0.139. The van der Waals surface area contributed by atoms with Gasteiger partial charge in [-0.05, 0) is 31.6 Å². The van der Waals surface area contributed by atoms with E-state index in [-0.39, 0.29) is 23.7 Å². The molecule has 0 aromatic rings. The molecule has 3 heterocycles. The Morgan fingerprint density at radius 3 is 2.14 bits per heavy atom. The van der Waals surface area contributed by atoms with Gasteiger partial charge in [0.15, 0.2) is 0 Å². The van der Waals surface area contributed by atoms with Crippen LogP contribution in [0.15, 0.2) is 0 Å². The first-order valence-electron chi connectivity index (χ1n) is 11.0. The van der Waals surface area contributed by atoms with Crippen LogP contribution in [0.3, 0.4) is 0 Å². The molecule has 1 aliphatic carbocycles. The molecule has 4 aliphatic rings. The van der Waals surface area contributed by atoms with E-state index in [0.29, 0.717) is 51.1 Å². The van der Waals surface area contributed by atoms with Gasteiger partial charge in [0.1, 0.15) is 0 Å². The van der Waals surface area contributed by atoms with E-state index in [1.807, 2.05) is 14.7 Å². The fourth-order valence-electron chi connectivity index (χ4n) is 5.23. The summed E-state index contributed by atoms with van der Waals surface area (Å²) < 4.78 is 5.31. The first kappa shape index (κ1) is 19.7. The van der Waals surface area contributed by atoms with Crippen molar-refractivity contribution in [1.29, 1.82) is 0 Å². The molecule has 4 fully saturated rings. The Morgan fingerprint density at radius 1 is 0.857 bits per heavy atom. The number of hydrogen-bond acceptors (Lipinski definition) is 4. The van der Waals surface area contributed by atoms with Crippen LogP contribution in [0.5, 0.6) is 0 Å². The second-order valence-electron chi connectivity index (χ2n) is 8.89. The van der Waals surface area contributed by atoms with Gasteiger partial charge in [-0.1, -0.05) is 12.8 Å². The second-order valence-corrected chi connectivity index (χ2v) is 8.89. The van der Waals surface area contributed by atoms with Gasteiger partial charge in [0.25, 0.3) is 0 Å². The van der Waals surface area contributed by atoms with Crippen LogP contribution < -0.4 is 0 Å². The number of hydrogen-bond donors (Lipinski definition) is 0. The van der Waals surface area contributed by atoms with Crippen LogP contribution in [0.4, 0.5) is 0 Å². The summed E-state index contributed by atoms with van der Waals surface area (Å²) in [4.78, 5) is 43.5. The molecule has 1 unspecified atom stereocenters. The van der Waals surface area contributed by atoms with Crippen molar-refractivity contribution in [2.45, 2.75) is 44.9 Å². The first-order valence-corrected chi connectivity index (χ1v) is 11.0. The van der Waals surface area contributed by atoms with Crippen LogP contribution in [0.1, 0.15) is 44.9 Å². The summed E-state index contributed by atoms with van der Waals surface area (Å²) in [5.41, 5.74) is 0. The number of rotatable bonds is 4. The van der Waals surface area contributed by atoms with Gasteiger partial charge in [-0.25, -0.2) is 0 Å². The summed E-state index contributed by atoms with van der Waals surface area (Å²) >= 11 is 0. The van der Waals surface area contributed by atoms with Crippen LogP contribution in [-0.2, 0) is 19.1 Å². The zero-order valence-electron chi connectivity index (χ0n) is 16.8. The van der Waals surface area contributed by atoms with Crippen LogP contribution >= 0.6 is 0 Å². The molecule has 1 saturated carbocycles. The van der Waals surface area contributed by atoms with Gasteiger partial charge < -0.3 is 19.4 Å². The van der Waals surface area contributed by atoms with Crippen LogP contribution in [-0.4, -0.2) is 84.9 Å². The highest BCUT2D eigenvalue weighted by molar-refractivity contribution is 5.89. The van der Waals surface area contributed by atoms with Gasteiger partial charge in [-0.15, -0.1) is 0 Å². The Labute approximate surface area is 167 Å². The molecule has 0 bridgehead atoms. The lowest BCUT2D eigenvalue weighted by atomic mass is 9.94. The highest BCUT2D eigenvalue weighted by Gasteiger charge is 2.38. The standard InChI is InChI=1S/C21H33N3O4/c25-19-13-18(21(27)23-9-11-28-12-10-23)15-24(19)14-16-5-7-22(8-6-16)20(26)17-3-1-2-4-17/h16-18H,1-15H2. The summed E-state index contributed by atoms with van der Waals surface area (Å²) in [5.74, 6) is 1.06. The van der Waals surface area contributed by atoms with Gasteiger partial charge in [0, 0.05) is 51.6 Å². The second kappa shape index (κ2) is 8.80. The van der Waals surface area contributed by atoms with Crippen LogP contribution in [0, 0.1) is 17.8 Å². The molecule has 1 atom stereocenters. The number of ether oxygens (including phenoxy) is 1. The maximum absolute atomic E-state index is 12.7. The average Bonchev–Trinajstić information content (AvgIpc) is 3.39. The van der Waals surface area contributed by atoms with Gasteiger partial charge in [0.05, 0.1) is 19.1 Å². The Bertz CT molecular complexity index is 590. The minimum Gasteiger partial charge on any atom is -0.378 e. The van der Waals surface area contributed by atoms with Crippen molar-refractivity contribution in [2.24, 2.45) is 17.8 Å². The molecule has 0 spiro atoms. The van der Waals surface area contributed by atoms with Crippen molar-refractivity contribution in [2.75, 3.05) is 52.5 Å². The van der Waals surface area contributed by atoms with Gasteiger partial charge in [0.2, 0.25) is 17.7 Å². The third kappa shape index (κ3) is 4.34. The number of amides is 3. The summed E-state index contributed by atoms with van der Waals surface area (Å²) in [5, 5.41) is 0. The minimum atomic E-state index is -0.199. The fraction of sp³-hybridized carbons (Fsp3) is 0.857. The van der Waals surface area contributed by atoms with E-state index in [2.05, 4.69) is 0 Å². The van der Waals surface area contributed by atoms with E-state index in [1.165, 1.54) is 12.8 Å². The minimum absolute atomic E-state index is 0.107. The highest BCUT2D eigenvalue weighted by Crippen LogP contribution is 2.29. The lowest BCUT2D eigenvalue weighted by Crippen LogP contribution is -2.45. The van der Waals surface area contributed by atoms with E-state index in [4.69, 9.17) is 4.74 Å². The maximum Gasteiger partial charge on any atom is 0.228 e. The Kier molecular flexibility index (Phi) is 6.19. The van der Waals surface area contributed by atoms with E-state index in [1.54, 1.807) is 0 Å². The zero-order chi connectivity index (χ0) is 19.5. The molecular formula is C21H33N3O4. The molecule has 156 valence electrons. The summed E-state index contributed by atoms with van der Waals surface area (Å²) in [7, 11) is 0. The summed E-state index contributed by atoms with van der Waals surface area (Å²) in [6, 6.07) is 0. The topological polar surface area (TPSA) is 70.2 Å². The van der Waals surface area contributed by atoms with E-state index in [0.717, 1.165) is 45.3 Å². The van der Waals surface area contributed by atoms with E-state index < -0.39 is 0 Å². The van der Waals surface area contributed by atoms with Gasteiger partial charge >= 0.3 is 0 Å². The molecule has 7 nitrogen and oxygen atoms in total. The Morgan fingerprint density at radius 2 is 1.46 bits per heavy atom. The zero-order valence-corrected chi connectivity index (χ0v) is 16.8. The molecule has 3 amide bonds. The molecule has 3 aliphatic heterocycles. The van der Waals surface area contributed by atoms with Crippen molar-refractivity contribution < 1.29 is 19.1 Å². The molecule has 7 heteroatoms. The molecular weight excluding hydrogens is 358 g/mol. The molecule has 4 rings (SSSR count). The van der Waals surface area contributed by atoms with Gasteiger partial charge in [-0.2, -0.15) is 0 Å². The average molecular weight is 392 g/mol. The third-order valence-electron chi connectivity index (χ3n) is 7.00. The SMILES string of the molecule is O=C1CC(C(=O)N2CCOCC2)CN1CC1CCN(C(=O)C2CCCC2)CC1. The number of carbonyl (C=O) groups excluding carboxylic acids is 3. The van der Waals surface area contributed by atoms with Crippen molar-refractivity contribution in [1.82, 2.24) is 14.7 Å². The monoisotopic (exact) mass is 391 g/mol. The number of morpholine rings is 1. The number of piperidine rings is 1. The molecule has 0 N–H and O–H groups in total. The van der Waals surface area contributed by atoms with Crippen molar-refractivity contribution in [3.63, 3.8) is 0 Å². The molecule has 28 heavy (non-hydrogen) atoms. The van der Waals surface area contributed by atoms with E-state index >= 15 is 0 Å². The third-order valence-corrected chi connectivity index (χ3v) is 7.00. The number of nitrogens with zero attached hydrogens (tertiary/aromatic N) is 3. The smallest absolute Gasteiger partial charge is 0.228 e. The van der Waals surface area contributed by atoms with Crippen molar-refractivity contribution in [3.8, 4) is 0 Å².